The van der Waals surface area contributed by atoms with Crippen molar-refractivity contribution in [2.24, 2.45) is 0 Å². The number of nitrogens with one attached hydrogen (secondary N) is 1. The molecule has 1 aromatic carbocycles. The Balaban J connectivity index is 1.68. The van der Waals surface area contributed by atoms with Gasteiger partial charge in [0, 0.05) is 37.6 Å². The maximum atomic E-state index is 3.63. The lowest BCUT2D eigenvalue weighted by Crippen LogP contribution is -2.42. The van der Waals surface area contributed by atoms with E-state index in [0.717, 1.165) is 25.6 Å². The Morgan fingerprint density at radius 2 is 1.84 bits per heavy atom. The molecule has 2 nitrogen and oxygen atoms in total. The van der Waals surface area contributed by atoms with Crippen LogP contribution in [0.4, 0.5) is 0 Å². The summed E-state index contributed by atoms with van der Waals surface area (Å²) < 4.78 is 0. The quantitative estimate of drug-likeness (QED) is 0.758. The molecule has 1 aliphatic rings. The minimum Gasteiger partial charge on any atom is -0.315 e. The summed E-state index contributed by atoms with van der Waals surface area (Å²) >= 11 is 0. The number of rotatable bonds is 7. The Morgan fingerprint density at radius 3 is 2.47 bits per heavy atom. The predicted molar refractivity (Wildman–Crippen MR) is 82.7 cm³/mol. The van der Waals surface area contributed by atoms with Crippen LogP contribution in [0.25, 0.3) is 0 Å². The SMILES string of the molecule is CC(C)N(CCNCC1Cc2ccccc21)C(C)C. The first-order valence-electron chi connectivity index (χ1n) is 7.64. The van der Waals surface area contributed by atoms with Crippen molar-refractivity contribution >= 4 is 0 Å². The molecule has 106 valence electrons. The number of benzene rings is 1. The average molecular weight is 260 g/mol. The van der Waals surface area contributed by atoms with Crippen LogP contribution in [0.1, 0.15) is 44.7 Å². The molecule has 0 aromatic heterocycles. The standard InChI is InChI=1S/C17H28N2/c1-13(2)19(14(3)4)10-9-18-12-16-11-15-7-5-6-8-17(15)16/h5-8,13-14,16,18H,9-12H2,1-4H3. The fourth-order valence-corrected chi connectivity index (χ4v) is 3.14. The summed E-state index contributed by atoms with van der Waals surface area (Å²) in [5, 5.41) is 3.63. The number of nitrogens with zero attached hydrogens (tertiary/aromatic N) is 1. The molecule has 0 bridgehead atoms. The van der Waals surface area contributed by atoms with E-state index in [1.54, 1.807) is 11.1 Å². The Morgan fingerprint density at radius 1 is 1.16 bits per heavy atom. The molecule has 1 atom stereocenters. The van der Waals surface area contributed by atoms with Crippen LogP contribution in [0.2, 0.25) is 0 Å². The van der Waals surface area contributed by atoms with Crippen molar-refractivity contribution in [2.75, 3.05) is 19.6 Å². The topological polar surface area (TPSA) is 15.3 Å². The first kappa shape index (κ1) is 14.5. The zero-order chi connectivity index (χ0) is 13.8. The lowest BCUT2D eigenvalue weighted by molar-refractivity contribution is 0.175. The van der Waals surface area contributed by atoms with Gasteiger partial charge in [0.1, 0.15) is 0 Å². The van der Waals surface area contributed by atoms with Crippen molar-refractivity contribution in [3.05, 3.63) is 35.4 Å². The Bertz CT molecular complexity index is 390. The van der Waals surface area contributed by atoms with Crippen molar-refractivity contribution in [3.63, 3.8) is 0 Å². The molecule has 1 aliphatic carbocycles. The van der Waals surface area contributed by atoms with Crippen LogP contribution in [0, 0.1) is 0 Å². The van der Waals surface area contributed by atoms with E-state index in [0.29, 0.717) is 12.1 Å². The molecule has 0 spiro atoms. The molecule has 2 heteroatoms. The Kier molecular flexibility index (Phi) is 5.00. The molecule has 1 aromatic rings. The molecule has 0 saturated carbocycles. The van der Waals surface area contributed by atoms with Gasteiger partial charge in [-0.3, -0.25) is 4.90 Å². The molecular formula is C17H28N2. The van der Waals surface area contributed by atoms with Gasteiger partial charge in [-0.15, -0.1) is 0 Å². The molecule has 19 heavy (non-hydrogen) atoms. The monoisotopic (exact) mass is 260 g/mol. The maximum absolute atomic E-state index is 3.63. The first-order valence-corrected chi connectivity index (χ1v) is 7.64. The van der Waals surface area contributed by atoms with Crippen LogP contribution >= 0.6 is 0 Å². The third kappa shape index (κ3) is 3.58. The van der Waals surface area contributed by atoms with E-state index in [1.807, 2.05) is 0 Å². The van der Waals surface area contributed by atoms with Gasteiger partial charge in [0.25, 0.3) is 0 Å². The second kappa shape index (κ2) is 6.53. The van der Waals surface area contributed by atoms with Gasteiger partial charge in [0.05, 0.1) is 0 Å². The molecule has 0 amide bonds. The largest absolute Gasteiger partial charge is 0.315 e. The summed E-state index contributed by atoms with van der Waals surface area (Å²) in [5.74, 6) is 0.739. The van der Waals surface area contributed by atoms with Gasteiger partial charge in [0.15, 0.2) is 0 Å². The lowest BCUT2D eigenvalue weighted by Gasteiger charge is -2.32. The molecule has 0 aliphatic heterocycles. The van der Waals surface area contributed by atoms with E-state index in [9.17, 15) is 0 Å². The van der Waals surface area contributed by atoms with Crippen molar-refractivity contribution in [1.82, 2.24) is 10.2 Å². The highest BCUT2D eigenvalue weighted by atomic mass is 15.2. The van der Waals surface area contributed by atoms with Crippen molar-refractivity contribution < 1.29 is 0 Å². The zero-order valence-corrected chi connectivity index (χ0v) is 12.8. The van der Waals surface area contributed by atoms with Crippen molar-refractivity contribution in [2.45, 2.75) is 52.1 Å². The third-order valence-corrected chi connectivity index (χ3v) is 4.23. The van der Waals surface area contributed by atoms with Gasteiger partial charge in [-0.1, -0.05) is 24.3 Å². The summed E-state index contributed by atoms with van der Waals surface area (Å²) in [7, 11) is 0. The van der Waals surface area contributed by atoms with E-state index in [2.05, 4.69) is 62.2 Å². The van der Waals surface area contributed by atoms with E-state index in [1.165, 1.54) is 6.42 Å². The summed E-state index contributed by atoms with van der Waals surface area (Å²) in [6.07, 6.45) is 1.25. The molecule has 0 saturated heterocycles. The normalized spacial score (nSPS) is 17.9. The fraction of sp³-hybridized carbons (Fsp3) is 0.647. The van der Waals surface area contributed by atoms with Gasteiger partial charge in [-0.05, 0) is 45.2 Å². The van der Waals surface area contributed by atoms with Crippen molar-refractivity contribution in [1.29, 1.82) is 0 Å². The number of hydrogen-bond acceptors (Lipinski definition) is 2. The van der Waals surface area contributed by atoms with Gasteiger partial charge in [-0.2, -0.15) is 0 Å². The molecule has 0 radical (unpaired) electrons. The van der Waals surface area contributed by atoms with E-state index in [-0.39, 0.29) is 0 Å². The van der Waals surface area contributed by atoms with Crippen LogP contribution in [0.3, 0.4) is 0 Å². The molecule has 1 N–H and O–H groups in total. The highest BCUT2D eigenvalue weighted by Gasteiger charge is 2.24. The lowest BCUT2D eigenvalue weighted by atomic mass is 9.78. The summed E-state index contributed by atoms with van der Waals surface area (Å²) in [6.45, 7) is 12.5. The van der Waals surface area contributed by atoms with Crippen LogP contribution in [-0.2, 0) is 6.42 Å². The van der Waals surface area contributed by atoms with Gasteiger partial charge < -0.3 is 5.32 Å². The van der Waals surface area contributed by atoms with Gasteiger partial charge >= 0.3 is 0 Å². The average Bonchev–Trinajstić information content (AvgIpc) is 2.33. The molecule has 2 rings (SSSR count). The van der Waals surface area contributed by atoms with Crippen LogP contribution in [-0.4, -0.2) is 36.6 Å². The predicted octanol–water partition coefficient (Wildman–Crippen LogP) is 3.03. The smallest absolute Gasteiger partial charge is 0.0112 e. The second-order valence-electron chi connectivity index (χ2n) is 6.23. The second-order valence-corrected chi connectivity index (χ2v) is 6.23. The van der Waals surface area contributed by atoms with Crippen molar-refractivity contribution in [3.8, 4) is 0 Å². The zero-order valence-electron chi connectivity index (χ0n) is 12.8. The van der Waals surface area contributed by atoms with E-state index in [4.69, 9.17) is 0 Å². The molecular weight excluding hydrogens is 232 g/mol. The fourth-order valence-electron chi connectivity index (χ4n) is 3.14. The minimum absolute atomic E-state index is 0.631. The highest BCUT2D eigenvalue weighted by Crippen LogP contribution is 2.33. The Hall–Kier alpha value is -0.860. The van der Waals surface area contributed by atoms with Crippen LogP contribution in [0.15, 0.2) is 24.3 Å². The Labute approximate surface area is 118 Å². The first-order chi connectivity index (χ1) is 9.09. The summed E-state index contributed by atoms with van der Waals surface area (Å²) in [4.78, 5) is 2.54. The van der Waals surface area contributed by atoms with E-state index < -0.39 is 0 Å². The number of hydrogen-bond donors (Lipinski definition) is 1. The van der Waals surface area contributed by atoms with E-state index >= 15 is 0 Å². The minimum atomic E-state index is 0.631. The third-order valence-electron chi connectivity index (χ3n) is 4.23. The van der Waals surface area contributed by atoms with Crippen LogP contribution in [0.5, 0.6) is 0 Å². The number of fused-ring (bicyclic) bond motifs is 1. The van der Waals surface area contributed by atoms with Crippen LogP contribution < -0.4 is 5.32 Å². The summed E-state index contributed by atoms with van der Waals surface area (Å²) in [5.41, 5.74) is 3.10. The van der Waals surface area contributed by atoms with Gasteiger partial charge in [-0.25, -0.2) is 0 Å². The molecule has 0 heterocycles. The van der Waals surface area contributed by atoms with Gasteiger partial charge in [0.2, 0.25) is 0 Å². The molecule has 0 fully saturated rings. The highest BCUT2D eigenvalue weighted by molar-refractivity contribution is 5.40. The maximum Gasteiger partial charge on any atom is 0.0112 e. The summed E-state index contributed by atoms with van der Waals surface area (Å²) in [6, 6.07) is 10.1. The molecule has 1 unspecified atom stereocenters.